The number of rotatable bonds is 2. The summed E-state index contributed by atoms with van der Waals surface area (Å²) >= 11 is 0. The van der Waals surface area contributed by atoms with E-state index in [9.17, 15) is 4.79 Å². The molecule has 1 aromatic carbocycles. The third-order valence-electron chi connectivity index (χ3n) is 4.08. The van der Waals surface area contributed by atoms with Crippen molar-refractivity contribution in [3.63, 3.8) is 0 Å². The summed E-state index contributed by atoms with van der Waals surface area (Å²) in [6.45, 7) is 1.24. The van der Waals surface area contributed by atoms with Gasteiger partial charge in [-0.2, -0.15) is 0 Å². The molecule has 1 aliphatic heterocycles. The van der Waals surface area contributed by atoms with Gasteiger partial charge in [-0.3, -0.25) is 9.69 Å². The van der Waals surface area contributed by atoms with Crippen LogP contribution in [0.15, 0.2) is 24.3 Å². The molecule has 1 amide bonds. The molecule has 2 fully saturated rings. The number of benzene rings is 1. The zero-order valence-electron chi connectivity index (χ0n) is 10.4. The molecule has 0 aromatic heterocycles. The summed E-state index contributed by atoms with van der Waals surface area (Å²) in [5, 5.41) is 2.97. The highest BCUT2D eigenvalue weighted by Gasteiger charge is 2.35. The average Bonchev–Trinajstić information content (AvgIpc) is 2.29. The molecule has 0 unspecified atom stereocenters. The predicted octanol–water partition coefficient (Wildman–Crippen LogP) is 1.29. The maximum atomic E-state index is 11.6. The summed E-state index contributed by atoms with van der Waals surface area (Å²) in [5.74, 6) is 0.147. The number of carbonyl (C=O) groups is 1. The largest absolute Gasteiger partial charge is 0.399 e. The van der Waals surface area contributed by atoms with Crippen LogP contribution >= 0.6 is 0 Å². The molecule has 1 saturated carbocycles. The number of nitrogens with one attached hydrogen (secondary N) is 1. The molecule has 3 N–H and O–H groups in total. The summed E-state index contributed by atoms with van der Waals surface area (Å²) in [6, 6.07) is 8.90. The van der Waals surface area contributed by atoms with E-state index in [0.29, 0.717) is 25.2 Å². The number of hydrogen-bond donors (Lipinski definition) is 2. The van der Waals surface area contributed by atoms with E-state index < -0.39 is 0 Å². The highest BCUT2D eigenvalue weighted by molar-refractivity contribution is 5.79. The van der Waals surface area contributed by atoms with E-state index in [2.05, 4.69) is 22.3 Å². The number of nitrogens with two attached hydrogens (primary N) is 1. The fourth-order valence-corrected chi connectivity index (χ4v) is 2.79. The topological polar surface area (TPSA) is 58.4 Å². The van der Waals surface area contributed by atoms with Crippen LogP contribution in [-0.2, 0) is 4.79 Å². The Balaban J connectivity index is 1.83. The second-order valence-corrected chi connectivity index (χ2v) is 5.24. The van der Waals surface area contributed by atoms with E-state index in [1.807, 2.05) is 12.1 Å². The first-order chi connectivity index (χ1) is 8.74. The van der Waals surface area contributed by atoms with Crippen LogP contribution in [0.1, 0.15) is 30.9 Å². The molecule has 2 aliphatic rings. The van der Waals surface area contributed by atoms with Crippen molar-refractivity contribution in [2.24, 2.45) is 0 Å². The molecule has 0 spiro atoms. The number of piperazine rings is 1. The van der Waals surface area contributed by atoms with Crippen LogP contribution in [0, 0.1) is 0 Å². The van der Waals surface area contributed by atoms with Crippen LogP contribution in [-0.4, -0.2) is 29.9 Å². The van der Waals surface area contributed by atoms with E-state index in [1.165, 1.54) is 24.8 Å². The number of anilines is 1. The van der Waals surface area contributed by atoms with Crippen LogP contribution in [0.2, 0.25) is 0 Å². The van der Waals surface area contributed by atoms with Gasteiger partial charge in [0.25, 0.3) is 0 Å². The van der Waals surface area contributed by atoms with Crippen LogP contribution in [0.25, 0.3) is 0 Å². The van der Waals surface area contributed by atoms with Gasteiger partial charge in [0.2, 0.25) is 5.91 Å². The zero-order chi connectivity index (χ0) is 12.5. The molecule has 4 heteroatoms. The zero-order valence-corrected chi connectivity index (χ0v) is 10.4. The lowest BCUT2D eigenvalue weighted by Crippen LogP contribution is -2.55. The van der Waals surface area contributed by atoms with Crippen molar-refractivity contribution in [3.05, 3.63) is 29.8 Å². The first kappa shape index (κ1) is 11.5. The van der Waals surface area contributed by atoms with Gasteiger partial charge in [0.05, 0.1) is 12.6 Å². The van der Waals surface area contributed by atoms with Gasteiger partial charge in [0.15, 0.2) is 0 Å². The fourth-order valence-electron chi connectivity index (χ4n) is 2.79. The summed E-state index contributed by atoms with van der Waals surface area (Å²) in [7, 11) is 0. The van der Waals surface area contributed by atoms with Crippen LogP contribution in [0.4, 0.5) is 5.69 Å². The normalized spacial score (nSPS) is 25.6. The van der Waals surface area contributed by atoms with Gasteiger partial charge < -0.3 is 11.1 Å². The standard InChI is InChI=1S/C14H19N3O/c15-11-6-4-10(5-7-11)13-8-16-14(18)9-17(13)12-2-1-3-12/h4-7,12-13H,1-3,8-9,15H2,(H,16,18)/t13-/m1/s1. The monoisotopic (exact) mass is 245 g/mol. The number of nitrogen functional groups attached to an aromatic ring is 1. The SMILES string of the molecule is Nc1ccc([C@H]2CNC(=O)CN2C2CCC2)cc1. The highest BCUT2D eigenvalue weighted by Crippen LogP contribution is 2.33. The molecule has 1 saturated heterocycles. The van der Waals surface area contributed by atoms with E-state index >= 15 is 0 Å². The third kappa shape index (κ3) is 2.08. The lowest BCUT2D eigenvalue weighted by molar-refractivity contribution is -0.127. The summed E-state index contributed by atoms with van der Waals surface area (Å²) in [4.78, 5) is 13.9. The molecular weight excluding hydrogens is 226 g/mol. The number of amides is 1. The van der Waals surface area contributed by atoms with Crippen molar-refractivity contribution in [3.8, 4) is 0 Å². The molecule has 4 nitrogen and oxygen atoms in total. The Morgan fingerprint density at radius 3 is 2.56 bits per heavy atom. The predicted molar refractivity (Wildman–Crippen MR) is 71.0 cm³/mol. The Bertz CT molecular complexity index is 439. The first-order valence-electron chi connectivity index (χ1n) is 6.62. The van der Waals surface area contributed by atoms with Crippen LogP contribution in [0.5, 0.6) is 0 Å². The van der Waals surface area contributed by atoms with Gasteiger partial charge in [-0.1, -0.05) is 18.6 Å². The molecule has 0 radical (unpaired) electrons. The second kappa shape index (κ2) is 4.61. The van der Waals surface area contributed by atoms with Crippen molar-refractivity contribution < 1.29 is 4.79 Å². The van der Waals surface area contributed by atoms with Crippen molar-refractivity contribution >= 4 is 11.6 Å². The van der Waals surface area contributed by atoms with Crippen molar-refractivity contribution in [1.29, 1.82) is 0 Å². The second-order valence-electron chi connectivity index (χ2n) is 5.24. The number of nitrogens with zero attached hydrogens (tertiary/aromatic N) is 1. The molecule has 18 heavy (non-hydrogen) atoms. The van der Waals surface area contributed by atoms with E-state index in [1.54, 1.807) is 0 Å². The van der Waals surface area contributed by atoms with Gasteiger partial charge >= 0.3 is 0 Å². The molecule has 0 bridgehead atoms. The van der Waals surface area contributed by atoms with Crippen molar-refractivity contribution in [1.82, 2.24) is 10.2 Å². The molecule has 1 heterocycles. The quantitative estimate of drug-likeness (QED) is 0.772. The van der Waals surface area contributed by atoms with E-state index in [0.717, 1.165) is 5.69 Å². The molecule has 1 atom stereocenters. The smallest absolute Gasteiger partial charge is 0.234 e. The maximum absolute atomic E-state index is 11.6. The maximum Gasteiger partial charge on any atom is 0.234 e. The number of hydrogen-bond acceptors (Lipinski definition) is 3. The lowest BCUT2D eigenvalue weighted by Gasteiger charge is -2.44. The number of carbonyl (C=O) groups excluding carboxylic acids is 1. The van der Waals surface area contributed by atoms with Crippen molar-refractivity contribution in [2.75, 3.05) is 18.8 Å². The fraction of sp³-hybridized carbons (Fsp3) is 0.500. The average molecular weight is 245 g/mol. The van der Waals surface area contributed by atoms with Gasteiger partial charge in [-0.05, 0) is 30.5 Å². The van der Waals surface area contributed by atoms with Gasteiger partial charge in [0.1, 0.15) is 0 Å². The van der Waals surface area contributed by atoms with E-state index in [4.69, 9.17) is 5.73 Å². The first-order valence-corrected chi connectivity index (χ1v) is 6.62. The third-order valence-corrected chi connectivity index (χ3v) is 4.08. The Morgan fingerprint density at radius 2 is 1.94 bits per heavy atom. The van der Waals surface area contributed by atoms with E-state index in [-0.39, 0.29) is 5.91 Å². The van der Waals surface area contributed by atoms with Crippen LogP contribution in [0.3, 0.4) is 0 Å². The molecule has 1 aliphatic carbocycles. The highest BCUT2D eigenvalue weighted by atomic mass is 16.2. The summed E-state index contributed by atoms with van der Waals surface area (Å²) < 4.78 is 0. The van der Waals surface area contributed by atoms with Gasteiger partial charge in [-0.15, -0.1) is 0 Å². The molecular formula is C14H19N3O. The van der Waals surface area contributed by atoms with Crippen LogP contribution < -0.4 is 11.1 Å². The Hall–Kier alpha value is -1.55. The van der Waals surface area contributed by atoms with Crippen molar-refractivity contribution in [2.45, 2.75) is 31.3 Å². The summed E-state index contributed by atoms with van der Waals surface area (Å²) in [5.41, 5.74) is 7.76. The Labute approximate surface area is 107 Å². The molecule has 96 valence electrons. The summed E-state index contributed by atoms with van der Waals surface area (Å²) in [6.07, 6.45) is 3.73. The Morgan fingerprint density at radius 1 is 1.22 bits per heavy atom. The van der Waals surface area contributed by atoms with Gasteiger partial charge in [0, 0.05) is 18.3 Å². The minimum Gasteiger partial charge on any atom is -0.399 e. The Kier molecular flexibility index (Phi) is 2.96. The molecule has 3 rings (SSSR count). The lowest BCUT2D eigenvalue weighted by atomic mass is 9.88. The molecule has 1 aromatic rings. The minimum atomic E-state index is 0.147. The minimum absolute atomic E-state index is 0.147. The van der Waals surface area contributed by atoms with Gasteiger partial charge in [-0.25, -0.2) is 0 Å².